The van der Waals surface area contributed by atoms with Crippen LogP contribution in [-0.4, -0.2) is 18.3 Å². The van der Waals surface area contributed by atoms with E-state index < -0.39 is 0 Å². The number of nitrogens with one attached hydrogen (secondary N) is 1. The third kappa shape index (κ3) is 4.69. The quantitative estimate of drug-likeness (QED) is 0.838. The summed E-state index contributed by atoms with van der Waals surface area (Å²) in [5, 5.41) is 2.72. The summed E-state index contributed by atoms with van der Waals surface area (Å²) in [6.07, 6.45) is 0. The molecule has 2 rings (SSSR count). The smallest absolute Gasteiger partial charge is 0.262 e. The van der Waals surface area contributed by atoms with E-state index in [1.54, 1.807) is 24.3 Å². The van der Waals surface area contributed by atoms with Crippen LogP contribution in [0, 0.1) is 0 Å². The Balaban J connectivity index is 2.01. The van der Waals surface area contributed by atoms with Crippen LogP contribution in [0.1, 0.15) is 43.6 Å². The number of rotatable bonds is 5. The SMILES string of the molecule is CC(=O)c1ccccc1NC(=O)COc1cccc(C(C)(C)C)c1. The van der Waals surface area contributed by atoms with Crippen molar-refractivity contribution in [2.24, 2.45) is 0 Å². The fraction of sp³-hybridized carbons (Fsp3) is 0.300. The molecule has 0 aliphatic carbocycles. The highest BCUT2D eigenvalue weighted by molar-refractivity contribution is 6.03. The van der Waals surface area contributed by atoms with Crippen molar-refractivity contribution in [1.82, 2.24) is 0 Å². The van der Waals surface area contributed by atoms with E-state index in [1.807, 2.05) is 24.3 Å². The summed E-state index contributed by atoms with van der Waals surface area (Å²) < 4.78 is 5.58. The number of ketones is 1. The third-order valence-corrected chi connectivity index (χ3v) is 3.65. The molecule has 0 spiro atoms. The molecule has 0 aliphatic heterocycles. The van der Waals surface area contributed by atoms with E-state index in [0.29, 0.717) is 17.0 Å². The Hall–Kier alpha value is -2.62. The van der Waals surface area contributed by atoms with Gasteiger partial charge in [0.1, 0.15) is 5.75 Å². The number of para-hydroxylation sites is 1. The summed E-state index contributed by atoms with van der Waals surface area (Å²) >= 11 is 0. The van der Waals surface area contributed by atoms with Gasteiger partial charge in [-0.05, 0) is 42.2 Å². The van der Waals surface area contributed by atoms with Crippen LogP contribution in [-0.2, 0) is 10.2 Å². The first-order valence-electron chi connectivity index (χ1n) is 7.90. The number of hydrogen-bond acceptors (Lipinski definition) is 3. The van der Waals surface area contributed by atoms with Gasteiger partial charge in [-0.15, -0.1) is 0 Å². The maximum atomic E-state index is 12.1. The van der Waals surface area contributed by atoms with Crippen molar-refractivity contribution in [2.75, 3.05) is 11.9 Å². The van der Waals surface area contributed by atoms with Gasteiger partial charge in [0.2, 0.25) is 0 Å². The Morgan fingerprint density at radius 3 is 2.42 bits per heavy atom. The van der Waals surface area contributed by atoms with E-state index in [1.165, 1.54) is 6.92 Å². The normalized spacial score (nSPS) is 11.0. The molecular formula is C20H23NO3. The Bertz CT molecular complexity index is 745. The summed E-state index contributed by atoms with van der Waals surface area (Å²) in [7, 11) is 0. The minimum absolute atomic E-state index is 0.0159. The second kappa shape index (κ2) is 7.30. The van der Waals surface area contributed by atoms with Crippen molar-refractivity contribution in [3.63, 3.8) is 0 Å². The Kier molecular flexibility index (Phi) is 5.39. The van der Waals surface area contributed by atoms with Crippen LogP contribution >= 0.6 is 0 Å². The minimum atomic E-state index is -0.301. The molecule has 0 atom stereocenters. The fourth-order valence-electron chi connectivity index (χ4n) is 2.29. The lowest BCUT2D eigenvalue weighted by atomic mass is 9.87. The van der Waals surface area contributed by atoms with Crippen LogP contribution in [0.4, 0.5) is 5.69 Å². The lowest BCUT2D eigenvalue weighted by Gasteiger charge is -2.19. The first kappa shape index (κ1) is 17.7. The van der Waals surface area contributed by atoms with E-state index >= 15 is 0 Å². The summed E-state index contributed by atoms with van der Waals surface area (Å²) in [5.74, 6) is 0.256. The highest BCUT2D eigenvalue weighted by Crippen LogP contribution is 2.25. The molecule has 2 aromatic carbocycles. The first-order chi connectivity index (χ1) is 11.3. The zero-order valence-electron chi connectivity index (χ0n) is 14.6. The van der Waals surface area contributed by atoms with Crippen molar-refractivity contribution in [3.05, 3.63) is 59.7 Å². The van der Waals surface area contributed by atoms with Gasteiger partial charge in [-0.25, -0.2) is 0 Å². The maximum Gasteiger partial charge on any atom is 0.262 e. The monoisotopic (exact) mass is 325 g/mol. The molecule has 0 fully saturated rings. The average molecular weight is 325 g/mol. The van der Waals surface area contributed by atoms with E-state index in [-0.39, 0.29) is 23.7 Å². The topological polar surface area (TPSA) is 55.4 Å². The number of amides is 1. The van der Waals surface area contributed by atoms with Gasteiger partial charge in [0.05, 0.1) is 5.69 Å². The van der Waals surface area contributed by atoms with E-state index in [4.69, 9.17) is 4.74 Å². The Morgan fingerprint density at radius 2 is 1.75 bits per heavy atom. The van der Waals surface area contributed by atoms with Gasteiger partial charge in [0, 0.05) is 5.56 Å². The van der Waals surface area contributed by atoms with Crippen molar-refractivity contribution in [1.29, 1.82) is 0 Å². The van der Waals surface area contributed by atoms with Crippen LogP contribution in [0.2, 0.25) is 0 Å². The molecule has 0 radical (unpaired) electrons. The van der Waals surface area contributed by atoms with Crippen molar-refractivity contribution in [3.8, 4) is 5.75 Å². The molecule has 0 aromatic heterocycles. The number of Topliss-reactive ketones (excluding diaryl/α,β-unsaturated/α-hetero) is 1. The second-order valence-electron chi connectivity index (χ2n) is 6.72. The minimum Gasteiger partial charge on any atom is -0.484 e. The van der Waals surface area contributed by atoms with Crippen LogP contribution in [0.25, 0.3) is 0 Å². The van der Waals surface area contributed by atoms with Crippen LogP contribution in [0.15, 0.2) is 48.5 Å². The van der Waals surface area contributed by atoms with Crippen molar-refractivity contribution >= 4 is 17.4 Å². The van der Waals surface area contributed by atoms with Crippen molar-refractivity contribution in [2.45, 2.75) is 33.1 Å². The summed E-state index contributed by atoms with van der Waals surface area (Å²) in [5.41, 5.74) is 2.15. The molecule has 2 aromatic rings. The molecule has 0 saturated heterocycles. The molecule has 4 nitrogen and oxygen atoms in total. The Labute approximate surface area is 142 Å². The first-order valence-corrected chi connectivity index (χ1v) is 7.90. The zero-order valence-corrected chi connectivity index (χ0v) is 14.6. The van der Waals surface area contributed by atoms with Gasteiger partial charge in [0.25, 0.3) is 5.91 Å². The van der Waals surface area contributed by atoms with Crippen LogP contribution < -0.4 is 10.1 Å². The largest absolute Gasteiger partial charge is 0.484 e. The lowest BCUT2D eigenvalue weighted by molar-refractivity contribution is -0.118. The van der Waals surface area contributed by atoms with E-state index in [2.05, 4.69) is 26.1 Å². The second-order valence-corrected chi connectivity index (χ2v) is 6.72. The van der Waals surface area contributed by atoms with Gasteiger partial charge in [-0.3, -0.25) is 9.59 Å². The highest BCUT2D eigenvalue weighted by atomic mass is 16.5. The van der Waals surface area contributed by atoms with E-state index in [9.17, 15) is 9.59 Å². The van der Waals surface area contributed by atoms with Gasteiger partial charge in [-0.1, -0.05) is 45.0 Å². The number of hydrogen-bond donors (Lipinski definition) is 1. The third-order valence-electron chi connectivity index (χ3n) is 3.65. The van der Waals surface area contributed by atoms with E-state index in [0.717, 1.165) is 5.56 Å². The molecule has 0 aliphatic rings. The highest BCUT2D eigenvalue weighted by Gasteiger charge is 2.14. The summed E-state index contributed by atoms with van der Waals surface area (Å²) in [4.78, 5) is 23.7. The molecule has 0 unspecified atom stereocenters. The molecular weight excluding hydrogens is 302 g/mol. The number of ether oxygens (including phenoxy) is 1. The number of carbonyl (C=O) groups is 2. The molecule has 1 N–H and O–H groups in total. The van der Waals surface area contributed by atoms with Gasteiger partial charge < -0.3 is 10.1 Å². The molecule has 0 saturated carbocycles. The standard InChI is InChI=1S/C20H23NO3/c1-14(22)17-10-5-6-11-18(17)21-19(23)13-24-16-9-7-8-15(12-16)20(2,3)4/h5-12H,13H2,1-4H3,(H,21,23). The molecule has 126 valence electrons. The molecule has 0 bridgehead atoms. The lowest BCUT2D eigenvalue weighted by Crippen LogP contribution is -2.21. The Morgan fingerprint density at radius 1 is 1.04 bits per heavy atom. The summed E-state index contributed by atoms with van der Waals surface area (Å²) in [6, 6.07) is 14.6. The predicted octanol–water partition coefficient (Wildman–Crippen LogP) is 4.20. The molecule has 24 heavy (non-hydrogen) atoms. The fourth-order valence-corrected chi connectivity index (χ4v) is 2.29. The van der Waals surface area contributed by atoms with Gasteiger partial charge in [-0.2, -0.15) is 0 Å². The van der Waals surface area contributed by atoms with Crippen LogP contribution in [0.5, 0.6) is 5.75 Å². The number of carbonyl (C=O) groups excluding carboxylic acids is 2. The molecule has 4 heteroatoms. The van der Waals surface area contributed by atoms with Crippen LogP contribution in [0.3, 0.4) is 0 Å². The molecule has 0 heterocycles. The average Bonchev–Trinajstić information content (AvgIpc) is 2.53. The van der Waals surface area contributed by atoms with Crippen molar-refractivity contribution < 1.29 is 14.3 Å². The zero-order chi connectivity index (χ0) is 17.7. The predicted molar refractivity (Wildman–Crippen MR) is 95.7 cm³/mol. The molecule has 1 amide bonds. The van der Waals surface area contributed by atoms with Gasteiger partial charge >= 0.3 is 0 Å². The number of anilines is 1. The summed E-state index contributed by atoms with van der Waals surface area (Å²) in [6.45, 7) is 7.73. The number of benzene rings is 2. The maximum absolute atomic E-state index is 12.1. The van der Waals surface area contributed by atoms with Gasteiger partial charge in [0.15, 0.2) is 12.4 Å².